The Labute approximate surface area is 175 Å². The van der Waals surface area contributed by atoms with Gasteiger partial charge >= 0.3 is 6.18 Å². The third-order valence-corrected chi connectivity index (χ3v) is 7.70. The van der Waals surface area contributed by atoms with E-state index in [1.54, 1.807) is 4.90 Å². The van der Waals surface area contributed by atoms with E-state index in [1.165, 1.54) is 10.4 Å². The summed E-state index contributed by atoms with van der Waals surface area (Å²) in [6.07, 6.45) is -0.945. The van der Waals surface area contributed by atoms with Gasteiger partial charge in [0.05, 0.1) is 16.5 Å². The summed E-state index contributed by atoms with van der Waals surface area (Å²) in [6, 6.07) is 2.80. The number of nitrogens with zero attached hydrogens (tertiary/aromatic N) is 2. The number of alkyl halides is 3. The van der Waals surface area contributed by atoms with Gasteiger partial charge in [0.15, 0.2) is 0 Å². The first-order chi connectivity index (χ1) is 14.1. The fraction of sp³-hybridized carbons (Fsp3) is 0.650. The van der Waals surface area contributed by atoms with Gasteiger partial charge < -0.3 is 10.6 Å². The van der Waals surface area contributed by atoms with Crippen LogP contribution in [0.2, 0.25) is 0 Å². The Hall–Kier alpha value is -1.65. The molecule has 1 aromatic carbocycles. The summed E-state index contributed by atoms with van der Waals surface area (Å²) < 4.78 is 67.1. The summed E-state index contributed by atoms with van der Waals surface area (Å²) in [5.41, 5.74) is 4.93. The minimum Gasteiger partial charge on any atom is -0.341 e. The number of hydrogen-bond acceptors (Lipinski definition) is 4. The van der Waals surface area contributed by atoms with Crippen molar-refractivity contribution >= 4 is 15.9 Å². The van der Waals surface area contributed by atoms with Crippen LogP contribution in [-0.2, 0) is 21.0 Å². The van der Waals surface area contributed by atoms with Gasteiger partial charge in [-0.05, 0) is 50.3 Å². The molecule has 2 aliphatic rings. The molecule has 1 saturated heterocycles. The van der Waals surface area contributed by atoms with Crippen molar-refractivity contribution in [2.24, 2.45) is 5.73 Å². The maximum Gasteiger partial charge on any atom is 0.416 e. The van der Waals surface area contributed by atoms with Gasteiger partial charge in [0.2, 0.25) is 15.9 Å². The van der Waals surface area contributed by atoms with E-state index in [0.717, 1.165) is 18.6 Å². The van der Waals surface area contributed by atoms with Crippen molar-refractivity contribution < 1.29 is 26.4 Å². The van der Waals surface area contributed by atoms with Crippen LogP contribution in [0.4, 0.5) is 13.2 Å². The third-order valence-electron chi connectivity index (χ3n) is 5.70. The standard InChI is InChI=1S/C20H28F3N3O3S/c1-2-4-18(24)19(27)25-11-9-16(10-12-25)26(15-7-8-15)30(28,29)17-6-3-5-14(13-17)20(21,22)23/h3,5-6,13,15-16,18H,2,4,7-12,24H2,1H3/t18-/m0/s1. The highest BCUT2D eigenvalue weighted by Crippen LogP contribution is 2.38. The molecule has 1 aliphatic heterocycles. The van der Waals surface area contributed by atoms with Crippen LogP contribution in [0.15, 0.2) is 29.2 Å². The van der Waals surface area contributed by atoms with E-state index in [1.807, 2.05) is 6.92 Å². The van der Waals surface area contributed by atoms with Crippen LogP contribution in [0.5, 0.6) is 0 Å². The van der Waals surface area contributed by atoms with Gasteiger partial charge in [-0.2, -0.15) is 17.5 Å². The van der Waals surface area contributed by atoms with Crippen LogP contribution in [0, 0.1) is 0 Å². The quantitative estimate of drug-likeness (QED) is 0.697. The first-order valence-corrected chi connectivity index (χ1v) is 11.7. The Morgan fingerprint density at radius 3 is 2.33 bits per heavy atom. The molecule has 0 aromatic heterocycles. The highest BCUT2D eigenvalue weighted by atomic mass is 32.2. The number of amides is 1. The number of carbonyl (C=O) groups is 1. The van der Waals surface area contributed by atoms with Crippen LogP contribution in [0.3, 0.4) is 0 Å². The molecular formula is C20H28F3N3O3S. The van der Waals surface area contributed by atoms with Gasteiger partial charge in [-0.3, -0.25) is 4.79 Å². The van der Waals surface area contributed by atoms with Crippen LogP contribution < -0.4 is 5.73 Å². The molecule has 1 amide bonds. The lowest BCUT2D eigenvalue weighted by Crippen LogP contribution is -2.52. The molecule has 1 heterocycles. The molecule has 0 bridgehead atoms. The highest BCUT2D eigenvalue weighted by molar-refractivity contribution is 7.89. The summed E-state index contributed by atoms with van der Waals surface area (Å²) in [4.78, 5) is 13.7. The molecular weight excluding hydrogens is 419 g/mol. The Balaban J connectivity index is 1.77. The molecule has 10 heteroatoms. The third kappa shape index (κ3) is 4.97. The lowest BCUT2D eigenvalue weighted by atomic mass is 10.0. The van der Waals surface area contributed by atoms with Crippen molar-refractivity contribution in [3.05, 3.63) is 29.8 Å². The second-order valence-electron chi connectivity index (χ2n) is 8.04. The summed E-state index contributed by atoms with van der Waals surface area (Å²) in [6.45, 7) is 2.73. The minimum atomic E-state index is -4.61. The number of halogens is 3. The van der Waals surface area contributed by atoms with E-state index in [-0.39, 0.29) is 22.9 Å². The molecule has 0 spiro atoms. The van der Waals surface area contributed by atoms with Crippen molar-refractivity contribution in [1.29, 1.82) is 0 Å². The minimum absolute atomic E-state index is 0.131. The van der Waals surface area contributed by atoms with E-state index in [0.29, 0.717) is 51.3 Å². The molecule has 168 valence electrons. The number of piperidine rings is 1. The molecule has 3 rings (SSSR count). The van der Waals surface area contributed by atoms with E-state index in [2.05, 4.69) is 0 Å². The second-order valence-corrected chi connectivity index (χ2v) is 9.89. The SMILES string of the molecule is CCC[C@H](N)C(=O)N1CCC(N(C2CC2)S(=O)(=O)c2cccc(C(F)(F)F)c2)CC1. The molecule has 0 radical (unpaired) electrons. The summed E-state index contributed by atoms with van der Waals surface area (Å²) >= 11 is 0. The first kappa shape index (κ1) is 23.0. The zero-order valence-corrected chi connectivity index (χ0v) is 17.8. The van der Waals surface area contributed by atoms with E-state index < -0.39 is 27.8 Å². The number of benzene rings is 1. The molecule has 1 aliphatic carbocycles. The molecule has 30 heavy (non-hydrogen) atoms. The van der Waals surface area contributed by atoms with Crippen LogP contribution >= 0.6 is 0 Å². The predicted octanol–water partition coefficient (Wildman–Crippen LogP) is 2.98. The first-order valence-electron chi connectivity index (χ1n) is 10.3. The number of likely N-dealkylation sites (tertiary alicyclic amines) is 1. The molecule has 2 fully saturated rings. The maximum absolute atomic E-state index is 13.3. The Morgan fingerprint density at radius 1 is 1.20 bits per heavy atom. The smallest absolute Gasteiger partial charge is 0.341 e. The maximum atomic E-state index is 13.3. The number of rotatable bonds is 7. The van der Waals surface area contributed by atoms with Gasteiger partial charge in [-0.15, -0.1) is 0 Å². The highest BCUT2D eigenvalue weighted by Gasteiger charge is 2.44. The zero-order chi connectivity index (χ0) is 22.1. The van der Waals surface area contributed by atoms with E-state index >= 15 is 0 Å². The fourth-order valence-electron chi connectivity index (χ4n) is 3.98. The Bertz CT molecular complexity index is 864. The molecule has 6 nitrogen and oxygen atoms in total. The summed E-state index contributed by atoms with van der Waals surface area (Å²) in [5.74, 6) is -0.131. The van der Waals surface area contributed by atoms with Crippen molar-refractivity contribution in [1.82, 2.24) is 9.21 Å². The van der Waals surface area contributed by atoms with Gasteiger partial charge in [0, 0.05) is 25.2 Å². The molecule has 1 aromatic rings. The molecule has 2 N–H and O–H groups in total. The Morgan fingerprint density at radius 2 is 1.80 bits per heavy atom. The number of hydrogen-bond donors (Lipinski definition) is 1. The van der Waals surface area contributed by atoms with Gasteiger partial charge in [0.1, 0.15) is 0 Å². The Kier molecular flexibility index (Phi) is 6.78. The van der Waals surface area contributed by atoms with Crippen molar-refractivity contribution in [3.8, 4) is 0 Å². The average molecular weight is 448 g/mol. The zero-order valence-electron chi connectivity index (χ0n) is 16.9. The number of sulfonamides is 1. The summed E-state index contributed by atoms with van der Waals surface area (Å²) in [7, 11) is -4.08. The molecule has 1 atom stereocenters. The largest absolute Gasteiger partial charge is 0.416 e. The lowest BCUT2D eigenvalue weighted by molar-refractivity contribution is -0.137. The van der Waals surface area contributed by atoms with Crippen molar-refractivity contribution in [3.63, 3.8) is 0 Å². The van der Waals surface area contributed by atoms with Gasteiger partial charge in [-0.25, -0.2) is 8.42 Å². The van der Waals surface area contributed by atoms with E-state index in [4.69, 9.17) is 5.73 Å². The number of carbonyl (C=O) groups excluding carboxylic acids is 1. The van der Waals surface area contributed by atoms with Gasteiger partial charge in [-0.1, -0.05) is 19.4 Å². The number of nitrogens with two attached hydrogens (primary N) is 1. The van der Waals surface area contributed by atoms with Gasteiger partial charge in [0.25, 0.3) is 0 Å². The van der Waals surface area contributed by atoms with Crippen molar-refractivity contribution in [2.45, 2.75) is 74.6 Å². The monoisotopic (exact) mass is 447 g/mol. The average Bonchev–Trinajstić information content (AvgIpc) is 3.52. The topological polar surface area (TPSA) is 83.7 Å². The molecule has 0 unspecified atom stereocenters. The van der Waals surface area contributed by atoms with E-state index in [9.17, 15) is 26.4 Å². The predicted molar refractivity (Wildman–Crippen MR) is 106 cm³/mol. The summed E-state index contributed by atoms with van der Waals surface area (Å²) in [5, 5.41) is 0. The van der Waals surface area contributed by atoms with Crippen molar-refractivity contribution in [2.75, 3.05) is 13.1 Å². The second kappa shape index (κ2) is 8.84. The van der Waals surface area contributed by atoms with Crippen LogP contribution in [0.1, 0.15) is 51.0 Å². The molecule has 1 saturated carbocycles. The normalized spacial score (nSPS) is 19.9. The fourth-order valence-corrected chi connectivity index (χ4v) is 5.96. The lowest BCUT2D eigenvalue weighted by Gasteiger charge is -2.38. The van der Waals surface area contributed by atoms with Crippen LogP contribution in [0.25, 0.3) is 0 Å². The van der Waals surface area contributed by atoms with Crippen LogP contribution in [-0.4, -0.2) is 54.7 Å².